The third-order valence-electron chi connectivity index (χ3n) is 3.29. The third kappa shape index (κ3) is 4.15. The Bertz CT molecular complexity index is 672. The predicted octanol–water partition coefficient (Wildman–Crippen LogP) is 3.63. The number of hydrogen-bond acceptors (Lipinski definition) is 3. The molecule has 1 aromatic heterocycles. The highest BCUT2D eigenvalue weighted by atomic mass is 32.1. The topological polar surface area (TPSA) is 52.9 Å². The average Bonchev–Trinajstić information content (AvgIpc) is 2.98. The maximum Gasteiger partial charge on any atom is 0.229 e. The molecule has 1 unspecified atom stereocenters. The van der Waals surface area contributed by atoms with Gasteiger partial charge in [-0.15, -0.1) is 11.3 Å². The van der Waals surface area contributed by atoms with Gasteiger partial charge in [-0.25, -0.2) is 4.39 Å². The predicted molar refractivity (Wildman–Crippen MR) is 85.0 cm³/mol. The van der Waals surface area contributed by atoms with Crippen LogP contribution in [-0.4, -0.2) is 11.4 Å². The number of amides is 1. The van der Waals surface area contributed by atoms with Crippen molar-refractivity contribution >= 4 is 17.2 Å². The Morgan fingerprint density at radius 2 is 2.05 bits per heavy atom. The molecule has 0 aliphatic carbocycles. The molecular weight excluding hydrogens is 299 g/mol. The van der Waals surface area contributed by atoms with Crippen LogP contribution in [0.25, 0.3) is 0 Å². The summed E-state index contributed by atoms with van der Waals surface area (Å²) >= 11 is 1.57. The van der Waals surface area contributed by atoms with Crippen molar-refractivity contribution in [3.8, 4) is 6.07 Å². The van der Waals surface area contributed by atoms with Gasteiger partial charge >= 0.3 is 0 Å². The molecule has 22 heavy (non-hydrogen) atoms. The van der Waals surface area contributed by atoms with E-state index in [4.69, 9.17) is 5.26 Å². The van der Waals surface area contributed by atoms with Crippen molar-refractivity contribution in [3.63, 3.8) is 0 Å². The summed E-state index contributed by atoms with van der Waals surface area (Å²) in [6.07, 6.45) is 0.524. The van der Waals surface area contributed by atoms with Gasteiger partial charge in [0.25, 0.3) is 0 Å². The Labute approximate surface area is 133 Å². The van der Waals surface area contributed by atoms with E-state index >= 15 is 0 Å². The van der Waals surface area contributed by atoms with Crippen LogP contribution in [-0.2, 0) is 11.2 Å². The second-order valence-corrected chi connectivity index (χ2v) is 6.65. The van der Waals surface area contributed by atoms with Crippen LogP contribution in [0.4, 0.5) is 4.39 Å². The molecule has 0 fully saturated rings. The molecular formula is C17H17FN2OS. The van der Waals surface area contributed by atoms with Gasteiger partial charge in [-0.3, -0.25) is 4.79 Å². The maximum absolute atomic E-state index is 13.1. The van der Waals surface area contributed by atoms with Crippen molar-refractivity contribution in [2.24, 2.45) is 0 Å². The Kier molecular flexibility index (Phi) is 4.94. The first kappa shape index (κ1) is 16.2. The van der Waals surface area contributed by atoms with Gasteiger partial charge in [0.15, 0.2) is 0 Å². The SMILES string of the molecule is CC(C)(C#N)NC(=O)C(Cc1cccs1)c1ccc(F)cc1. The third-order valence-corrected chi connectivity index (χ3v) is 4.19. The van der Waals surface area contributed by atoms with Gasteiger partial charge in [0.1, 0.15) is 11.4 Å². The fourth-order valence-electron chi connectivity index (χ4n) is 2.11. The average molecular weight is 316 g/mol. The number of hydrogen-bond donors (Lipinski definition) is 1. The molecule has 0 bridgehead atoms. The molecule has 0 aliphatic rings. The van der Waals surface area contributed by atoms with Crippen LogP contribution in [0.2, 0.25) is 0 Å². The zero-order chi connectivity index (χ0) is 16.2. The monoisotopic (exact) mass is 316 g/mol. The Balaban J connectivity index is 2.27. The van der Waals surface area contributed by atoms with Crippen molar-refractivity contribution in [2.45, 2.75) is 31.7 Å². The summed E-state index contributed by atoms with van der Waals surface area (Å²) < 4.78 is 13.1. The zero-order valence-corrected chi connectivity index (χ0v) is 13.3. The van der Waals surface area contributed by atoms with E-state index in [1.165, 1.54) is 12.1 Å². The molecule has 0 saturated heterocycles. The highest BCUT2D eigenvalue weighted by molar-refractivity contribution is 7.09. The molecule has 0 saturated carbocycles. The lowest BCUT2D eigenvalue weighted by molar-refractivity contribution is -0.123. The second kappa shape index (κ2) is 6.71. The van der Waals surface area contributed by atoms with Crippen LogP contribution in [0.1, 0.15) is 30.2 Å². The number of rotatable bonds is 5. The normalized spacial score (nSPS) is 12.5. The van der Waals surface area contributed by atoms with Crippen LogP contribution < -0.4 is 5.32 Å². The summed E-state index contributed by atoms with van der Waals surface area (Å²) in [5.74, 6) is -1.02. The number of thiophene rings is 1. The fourth-order valence-corrected chi connectivity index (χ4v) is 2.86. The van der Waals surface area contributed by atoms with E-state index in [0.29, 0.717) is 6.42 Å². The van der Waals surface area contributed by atoms with E-state index in [2.05, 4.69) is 11.4 Å². The summed E-state index contributed by atoms with van der Waals surface area (Å²) in [6, 6.07) is 11.9. The first-order valence-electron chi connectivity index (χ1n) is 6.92. The van der Waals surface area contributed by atoms with E-state index in [-0.39, 0.29) is 11.7 Å². The number of carbonyl (C=O) groups is 1. The van der Waals surface area contributed by atoms with E-state index in [0.717, 1.165) is 10.4 Å². The van der Waals surface area contributed by atoms with Gasteiger partial charge in [0.2, 0.25) is 5.91 Å². The summed E-state index contributed by atoms with van der Waals surface area (Å²) in [6.45, 7) is 3.30. The number of halogens is 1. The molecule has 0 radical (unpaired) electrons. The molecule has 3 nitrogen and oxygen atoms in total. The quantitative estimate of drug-likeness (QED) is 0.915. The van der Waals surface area contributed by atoms with Gasteiger partial charge in [-0.1, -0.05) is 18.2 Å². The molecule has 1 aromatic carbocycles. The Hall–Kier alpha value is -2.19. The molecule has 2 aromatic rings. The maximum atomic E-state index is 13.1. The van der Waals surface area contributed by atoms with Crippen LogP contribution in [0.3, 0.4) is 0 Å². The van der Waals surface area contributed by atoms with Crippen molar-refractivity contribution in [1.29, 1.82) is 5.26 Å². The Morgan fingerprint density at radius 3 is 2.59 bits per heavy atom. The standard InChI is InChI=1S/C17H17FN2OS/c1-17(2,11-19)20-16(21)15(10-14-4-3-9-22-14)12-5-7-13(18)8-6-12/h3-9,15H,10H2,1-2H3,(H,20,21). The fraction of sp³-hybridized carbons (Fsp3) is 0.294. The van der Waals surface area contributed by atoms with E-state index in [9.17, 15) is 9.18 Å². The van der Waals surface area contributed by atoms with Crippen molar-refractivity contribution in [3.05, 3.63) is 58.0 Å². The van der Waals surface area contributed by atoms with Crippen LogP contribution in [0, 0.1) is 17.1 Å². The molecule has 1 N–H and O–H groups in total. The van der Waals surface area contributed by atoms with Crippen molar-refractivity contribution in [2.75, 3.05) is 0 Å². The minimum atomic E-state index is -0.940. The highest BCUT2D eigenvalue weighted by Gasteiger charge is 2.27. The van der Waals surface area contributed by atoms with E-state index < -0.39 is 11.5 Å². The Morgan fingerprint density at radius 1 is 1.36 bits per heavy atom. The number of carbonyl (C=O) groups excluding carboxylic acids is 1. The lowest BCUT2D eigenvalue weighted by atomic mass is 9.92. The number of benzene rings is 1. The second-order valence-electron chi connectivity index (χ2n) is 5.61. The molecule has 1 atom stereocenters. The molecule has 2 rings (SSSR count). The van der Waals surface area contributed by atoms with Gasteiger partial charge < -0.3 is 5.32 Å². The van der Waals surface area contributed by atoms with Crippen LogP contribution in [0.5, 0.6) is 0 Å². The smallest absolute Gasteiger partial charge is 0.229 e. The van der Waals surface area contributed by atoms with Crippen LogP contribution in [0.15, 0.2) is 41.8 Å². The first-order chi connectivity index (χ1) is 10.4. The molecule has 1 heterocycles. The number of nitriles is 1. The molecule has 0 spiro atoms. The summed E-state index contributed by atoms with van der Waals surface area (Å²) in [7, 11) is 0. The minimum absolute atomic E-state index is 0.230. The molecule has 114 valence electrons. The van der Waals surface area contributed by atoms with Crippen molar-refractivity contribution in [1.82, 2.24) is 5.32 Å². The van der Waals surface area contributed by atoms with Crippen LogP contribution >= 0.6 is 11.3 Å². The van der Waals surface area contributed by atoms with Gasteiger partial charge in [0, 0.05) is 4.88 Å². The van der Waals surface area contributed by atoms with Gasteiger partial charge in [0.05, 0.1) is 12.0 Å². The highest BCUT2D eigenvalue weighted by Crippen LogP contribution is 2.25. The summed E-state index contributed by atoms with van der Waals surface area (Å²) in [5, 5.41) is 13.8. The summed E-state index contributed by atoms with van der Waals surface area (Å²) in [4.78, 5) is 13.6. The zero-order valence-electron chi connectivity index (χ0n) is 12.5. The largest absolute Gasteiger partial charge is 0.338 e. The lowest BCUT2D eigenvalue weighted by Gasteiger charge is -2.23. The summed E-state index contributed by atoms with van der Waals surface area (Å²) in [5.41, 5.74) is -0.203. The van der Waals surface area contributed by atoms with Gasteiger partial charge in [-0.2, -0.15) is 5.26 Å². The first-order valence-corrected chi connectivity index (χ1v) is 7.80. The minimum Gasteiger partial charge on any atom is -0.338 e. The van der Waals surface area contributed by atoms with Crippen molar-refractivity contribution < 1.29 is 9.18 Å². The lowest BCUT2D eigenvalue weighted by Crippen LogP contribution is -2.44. The molecule has 5 heteroatoms. The molecule has 1 amide bonds. The van der Waals surface area contributed by atoms with E-state index in [1.807, 2.05) is 17.5 Å². The number of nitrogens with one attached hydrogen (secondary N) is 1. The van der Waals surface area contributed by atoms with Gasteiger partial charge in [-0.05, 0) is 49.4 Å². The molecule has 0 aliphatic heterocycles. The number of nitrogens with zero attached hydrogens (tertiary/aromatic N) is 1. The van der Waals surface area contributed by atoms with E-state index in [1.54, 1.807) is 37.3 Å².